The summed E-state index contributed by atoms with van der Waals surface area (Å²) in [7, 11) is 0. The van der Waals surface area contributed by atoms with Gasteiger partial charge >= 0.3 is 0 Å². The average molecular weight is 350 g/mol. The van der Waals surface area contributed by atoms with Gasteiger partial charge in [-0.25, -0.2) is 4.39 Å². The lowest BCUT2D eigenvalue weighted by molar-refractivity contribution is 0.627. The van der Waals surface area contributed by atoms with Crippen LogP contribution in [0.1, 0.15) is 13.3 Å². The highest BCUT2D eigenvalue weighted by atomic mass is 127. The molecule has 1 aliphatic rings. The van der Waals surface area contributed by atoms with E-state index in [2.05, 4.69) is 39.8 Å². The molecule has 1 atom stereocenters. The fourth-order valence-corrected chi connectivity index (χ4v) is 3.10. The number of hydrogen-bond acceptors (Lipinski definition) is 3. The molecule has 1 N–H and O–H groups in total. The van der Waals surface area contributed by atoms with Gasteiger partial charge in [-0.15, -0.1) is 0 Å². The van der Waals surface area contributed by atoms with E-state index in [9.17, 15) is 4.39 Å². The minimum atomic E-state index is -0.207. The van der Waals surface area contributed by atoms with Gasteiger partial charge < -0.3 is 5.32 Å². The third-order valence-corrected chi connectivity index (χ3v) is 4.10. The van der Waals surface area contributed by atoms with Crippen molar-refractivity contribution in [3.05, 3.63) is 27.6 Å². The van der Waals surface area contributed by atoms with Crippen LogP contribution in [0.15, 0.2) is 23.2 Å². The number of amidine groups is 1. The lowest BCUT2D eigenvalue weighted by atomic mass is 10.3. The lowest BCUT2D eigenvalue weighted by Gasteiger charge is -2.18. The van der Waals surface area contributed by atoms with E-state index in [-0.39, 0.29) is 5.82 Å². The minimum absolute atomic E-state index is 0.207. The molecule has 0 radical (unpaired) electrons. The molecule has 1 aliphatic heterocycles. The molecule has 0 fully saturated rings. The number of rotatable bonds is 1. The Morgan fingerprint density at radius 2 is 2.38 bits per heavy atom. The summed E-state index contributed by atoms with van der Waals surface area (Å²) in [5.74, 6) is 0.881. The second-order valence-corrected chi connectivity index (χ2v) is 5.92. The Bertz CT molecular complexity index is 422. The third kappa shape index (κ3) is 3.10. The lowest BCUT2D eigenvalue weighted by Crippen LogP contribution is -2.18. The Hall–Kier alpha value is -0.300. The maximum atomic E-state index is 12.9. The van der Waals surface area contributed by atoms with E-state index in [1.807, 2.05) is 0 Å². The summed E-state index contributed by atoms with van der Waals surface area (Å²) in [6.45, 7) is 2.11. The second kappa shape index (κ2) is 5.35. The maximum Gasteiger partial charge on any atom is 0.161 e. The van der Waals surface area contributed by atoms with Gasteiger partial charge in [0.05, 0.1) is 11.7 Å². The zero-order valence-electron chi connectivity index (χ0n) is 8.84. The van der Waals surface area contributed by atoms with Gasteiger partial charge in [0.1, 0.15) is 5.82 Å². The third-order valence-electron chi connectivity index (χ3n) is 2.28. The molecule has 2 nitrogen and oxygen atoms in total. The number of thioether (sulfide) groups is 1. The summed E-state index contributed by atoms with van der Waals surface area (Å²) in [5.41, 5.74) is 0.919. The predicted octanol–water partition coefficient (Wildman–Crippen LogP) is 3.72. The van der Waals surface area contributed by atoms with Crippen LogP contribution in [0, 0.1) is 9.39 Å². The summed E-state index contributed by atoms with van der Waals surface area (Å²) >= 11 is 3.84. The van der Waals surface area contributed by atoms with Crippen molar-refractivity contribution in [1.29, 1.82) is 0 Å². The van der Waals surface area contributed by atoms with Crippen LogP contribution >= 0.6 is 34.4 Å². The fourth-order valence-electron chi connectivity index (χ4n) is 1.40. The molecule has 2 rings (SSSR count). The van der Waals surface area contributed by atoms with Gasteiger partial charge in [0, 0.05) is 9.32 Å². The zero-order chi connectivity index (χ0) is 11.5. The molecule has 16 heavy (non-hydrogen) atoms. The van der Waals surface area contributed by atoms with Crippen molar-refractivity contribution in [3.63, 3.8) is 0 Å². The molecule has 5 heteroatoms. The van der Waals surface area contributed by atoms with E-state index >= 15 is 0 Å². The molecular weight excluding hydrogens is 338 g/mol. The number of nitrogens with zero attached hydrogens (tertiary/aromatic N) is 1. The van der Waals surface area contributed by atoms with E-state index in [0.29, 0.717) is 6.04 Å². The smallest absolute Gasteiger partial charge is 0.161 e. The zero-order valence-corrected chi connectivity index (χ0v) is 11.8. The molecule has 86 valence electrons. The molecule has 0 amide bonds. The van der Waals surface area contributed by atoms with Crippen molar-refractivity contribution < 1.29 is 4.39 Å². The number of anilines is 1. The first kappa shape index (κ1) is 12.2. The quantitative estimate of drug-likeness (QED) is 0.781. The second-order valence-electron chi connectivity index (χ2n) is 3.67. The standard InChI is InChI=1S/C11H12FIN2S/c1-7-4-5-16-11(14-7)15-10-3-2-8(12)6-9(10)13/h2-3,6-7H,4-5H2,1H3,(H,14,15). The fraction of sp³-hybridized carbons (Fsp3) is 0.364. The van der Waals surface area contributed by atoms with Gasteiger partial charge in [0.15, 0.2) is 5.17 Å². The molecule has 1 unspecified atom stereocenters. The molecule has 0 aromatic heterocycles. The number of benzene rings is 1. The highest BCUT2D eigenvalue weighted by Crippen LogP contribution is 2.23. The van der Waals surface area contributed by atoms with Crippen LogP contribution in [-0.2, 0) is 0 Å². The Morgan fingerprint density at radius 1 is 1.56 bits per heavy atom. The molecule has 1 aromatic carbocycles. The number of halogens is 2. The van der Waals surface area contributed by atoms with E-state index in [0.717, 1.165) is 26.6 Å². The molecule has 0 bridgehead atoms. The van der Waals surface area contributed by atoms with Crippen LogP contribution in [0.4, 0.5) is 10.1 Å². The molecule has 0 saturated carbocycles. The first-order chi connectivity index (χ1) is 7.65. The Kier molecular flexibility index (Phi) is 4.07. The Balaban J connectivity index is 2.14. The minimum Gasteiger partial charge on any atom is -0.334 e. The Labute approximate surface area is 112 Å². The van der Waals surface area contributed by atoms with E-state index in [1.165, 1.54) is 12.1 Å². The van der Waals surface area contributed by atoms with Crippen molar-refractivity contribution in [1.82, 2.24) is 0 Å². The van der Waals surface area contributed by atoms with Gasteiger partial charge in [-0.1, -0.05) is 11.8 Å². The summed E-state index contributed by atoms with van der Waals surface area (Å²) in [6, 6.07) is 5.10. The summed E-state index contributed by atoms with van der Waals surface area (Å²) in [6.07, 6.45) is 1.12. The molecular formula is C11H12FIN2S. The molecule has 0 aliphatic carbocycles. The summed E-state index contributed by atoms with van der Waals surface area (Å²) in [5, 5.41) is 4.18. The van der Waals surface area contributed by atoms with Crippen molar-refractivity contribution in [3.8, 4) is 0 Å². The van der Waals surface area contributed by atoms with Gasteiger partial charge in [-0.2, -0.15) is 0 Å². The van der Waals surface area contributed by atoms with Crippen molar-refractivity contribution >= 4 is 45.2 Å². The van der Waals surface area contributed by atoms with E-state index in [1.54, 1.807) is 17.8 Å². The monoisotopic (exact) mass is 350 g/mol. The normalized spacial score (nSPS) is 20.4. The highest BCUT2D eigenvalue weighted by molar-refractivity contribution is 14.1. The van der Waals surface area contributed by atoms with Gasteiger partial charge in [0.25, 0.3) is 0 Å². The first-order valence-corrected chi connectivity index (χ1v) is 7.14. The van der Waals surface area contributed by atoms with Crippen LogP contribution in [-0.4, -0.2) is 17.0 Å². The number of hydrogen-bond donors (Lipinski definition) is 1. The van der Waals surface area contributed by atoms with Crippen LogP contribution in [0.2, 0.25) is 0 Å². The first-order valence-electron chi connectivity index (χ1n) is 5.08. The average Bonchev–Trinajstić information content (AvgIpc) is 2.22. The van der Waals surface area contributed by atoms with E-state index in [4.69, 9.17) is 0 Å². The summed E-state index contributed by atoms with van der Waals surface area (Å²) < 4.78 is 13.8. The Morgan fingerprint density at radius 3 is 3.06 bits per heavy atom. The maximum absolute atomic E-state index is 12.9. The SMILES string of the molecule is CC1CCSC(Nc2ccc(F)cc2I)=N1. The molecule has 0 saturated heterocycles. The number of nitrogens with one attached hydrogen (secondary N) is 1. The van der Waals surface area contributed by atoms with Crippen LogP contribution in [0.25, 0.3) is 0 Å². The topological polar surface area (TPSA) is 24.4 Å². The van der Waals surface area contributed by atoms with Crippen LogP contribution in [0.3, 0.4) is 0 Å². The molecule has 0 spiro atoms. The molecule has 1 heterocycles. The van der Waals surface area contributed by atoms with E-state index < -0.39 is 0 Å². The van der Waals surface area contributed by atoms with Crippen molar-refractivity contribution in [2.45, 2.75) is 19.4 Å². The number of aliphatic imine (C=N–C) groups is 1. The van der Waals surface area contributed by atoms with Gasteiger partial charge in [-0.05, 0) is 54.1 Å². The van der Waals surface area contributed by atoms with Crippen LogP contribution < -0.4 is 5.32 Å². The molecule has 1 aromatic rings. The van der Waals surface area contributed by atoms with Crippen LogP contribution in [0.5, 0.6) is 0 Å². The van der Waals surface area contributed by atoms with Gasteiger partial charge in [0.2, 0.25) is 0 Å². The predicted molar refractivity (Wildman–Crippen MR) is 76.7 cm³/mol. The largest absolute Gasteiger partial charge is 0.334 e. The van der Waals surface area contributed by atoms with Crippen molar-refractivity contribution in [2.24, 2.45) is 4.99 Å². The highest BCUT2D eigenvalue weighted by Gasteiger charge is 2.12. The van der Waals surface area contributed by atoms with Crippen molar-refractivity contribution in [2.75, 3.05) is 11.1 Å². The summed E-state index contributed by atoms with van der Waals surface area (Å²) in [4.78, 5) is 4.51. The van der Waals surface area contributed by atoms with Gasteiger partial charge in [-0.3, -0.25) is 4.99 Å².